The molecule has 1 aromatic heterocycles. The summed E-state index contributed by atoms with van der Waals surface area (Å²) in [5.41, 5.74) is 6.99. The van der Waals surface area contributed by atoms with Gasteiger partial charge in [0.25, 0.3) is 5.91 Å². The minimum absolute atomic E-state index is 0.102. The van der Waals surface area contributed by atoms with E-state index in [2.05, 4.69) is 20.7 Å². The third kappa shape index (κ3) is 6.15. The summed E-state index contributed by atoms with van der Waals surface area (Å²) in [7, 11) is 4.78. The quantitative estimate of drug-likeness (QED) is 0.176. The van der Waals surface area contributed by atoms with Gasteiger partial charge in [0.15, 0.2) is 22.5 Å². The number of methoxy groups -OCH3 is 3. The maximum atomic E-state index is 12.7. The second-order valence-corrected chi connectivity index (χ2v) is 9.24. The fraction of sp³-hybridized carbons (Fsp3) is 0.214. The Bertz CT molecular complexity index is 1430. The summed E-state index contributed by atoms with van der Waals surface area (Å²) < 4.78 is 17.9. The molecule has 0 atom stereocenters. The van der Waals surface area contributed by atoms with Gasteiger partial charge in [0.2, 0.25) is 0 Å². The van der Waals surface area contributed by atoms with Crippen molar-refractivity contribution in [1.29, 1.82) is 0 Å². The van der Waals surface area contributed by atoms with E-state index in [4.69, 9.17) is 14.2 Å². The average molecular weight is 532 g/mol. The number of hydrogen-bond acceptors (Lipinski definition) is 8. The molecule has 0 radical (unpaired) electrons. The van der Waals surface area contributed by atoms with E-state index in [0.29, 0.717) is 28.2 Å². The summed E-state index contributed by atoms with van der Waals surface area (Å²) in [6, 6.07) is 21.1. The van der Waals surface area contributed by atoms with Crippen molar-refractivity contribution in [3.8, 4) is 34.3 Å². The topological polar surface area (TPSA) is 99.9 Å². The van der Waals surface area contributed by atoms with Crippen LogP contribution in [0.15, 0.2) is 77.0 Å². The molecule has 4 aromatic rings. The Labute approximate surface area is 225 Å². The van der Waals surface area contributed by atoms with Crippen molar-refractivity contribution in [2.24, 2.45) is 5.10 Å². The maximum absolute atomic E-state index is 12.7. The van der Waals surface area contributed by atoms with Crippen molar-refractivity contribution in [2.45, 2.75) is 19.0 Å². The molecule has 38 heavy (non-hydrogen) atoms. The zero-order valence-corrected chi connectivity index (χ0v) is 22.7. The zero-order chi connectivity index (χ0) is 27.1. The molecule has 9 nitrogen and oxygen atoms in total. The Balaban J connectivity index is 1.52. The molecule has 0 bridgehead atoms. The number of aryl methyl sites for hydroxylation is 1. The number of benzene rings is 3. The molecule has 0 fully saturated rings. The van der Waals surface area contributed by atoms with Gasteiger partial charge < -0.3 is 14.2 Å². The van der Waals surface area contributed by atoms with Crippen LogP contribution in [-0.2, 0) is 4.79 Å². The van der Waals surface area contributed by atoms with E-state index in [1.165, 1.54) is 11.8 Å². The van der Waals surface area contributed by atoms with Gasteiger partial charge in [-0.1, -0.05) is 41.6 Å². The van der Waals surface area contributed by atoms with Crippen molar-refractivity contribution in [3.05, 3.63) is 77.9 Å². The predicted octanol–water partition coefficient (Wildman–Crippen LogP) is 4.90. The highest BCUT2D eigenvalue weighted by molar-refractivity contribution is 7.99. The van der Waals surface area contributed by atoms with Gasteiger partial charge in [-0.05, 0) is 56.3 Å². The first-order valence-corrected chi connectivity index (χ1v) is 12.8. The lowest BCUT2D eigenvalue weighted by atomic mass is 10.1. The molecule has 1 heterocycles. The van der Waals surface area contributed by atoms with Gasteiger partial charge in [-0.2, -0.15) is 5.10 Å². The van der Waals surface area contributed by atoms with Crippen molar-refractivity contribution in [2.75, 3.05) is 27.1 Å². The van der Waals surface area contributed by atoms with E-state index in [1.807, 2.05) is 79.1 Å². The Morgan fingerprint density at radius 2 is 1.63 bits per heavy atom. The van der Waals surface area contributed by atoms with Crippen LogP contribution in [0.4, 0.5) is 0 Å². The molecule has 3 aromatic carbocycles. The first-order valence-electron chi connectivity index (χ1n) is 11.8. The third-order valence-corrected chi connectivity index (χ3v) is 6.68. The average Bonchev–Trinajstić information content (AvgIpc) is 3.38. The molecule has 0 aliphatic rings. The minimum Gasteiger partial charge on any atom is -0.497 e. The summed E-state index contributed by atoms with van der Waals surface area (Å²) in [6.45, 7) is 3.84. The number of hydrogen-bond donors (Lipinski definition) is 1. The number of rotatable bonds is 10. The number of hydrazone groups is 1. The lowest BCUT2D eigenvalue weighted by molar-refractivity contribution is -0.118. The third-order valence-electron chi connectivity index (χ3n) is 5.76. The summed E-state index contributed by atoms with van der Waals surface area (Å²) >= 11 is 1.28. The van der Waals surface area contributed by atoms with Gasteiger partial charge in [-0.3, -0.25) is 9.36 Å². The van der Waals surface area contributed by atoms with E-state index < -0.39 is 0 Å². The van der Waals surface area contributed by atoms with Crippen LogP contribution in [0.3, 0.4) is 0 Å². The van der Waals surface area contributed by atoms with Gasteiger partial charge in [0, 0.05) is 16.8 Å². The van der Waals surface area contributed by atoms with E-state index in [9.17, 15) is 4.79 Å². The van der Waals surface area contributed by atoms with Crippen LogP contribution in [0, 0.1) is 6.92 Å². The Morgan fingerprint density at radius 1 is 0.921 bits per heavy atom. The first-order chi connectivity index (χ1) is 18.4. The zero-order valence-electron chi connectivity index (χ0n) is 21.9. The summed E-state index contributed by atoms with van der Waals surface area (Å²) in [6.07, 6.45) is 0. The SMILES string of the molecule is COc1ccc(-n2c(SCC(=O)NN=C(C)c3ccc(OC)c(OC)c3)nnc2-c2ccc(C)cc2)cc1. The largest absolute Gasteiger partial charge is 0.497 e. The fourth-order valence-corrected chi connectivity index (χ4v) is 4.40. The molecule has 196 valence electrons. The molecule has 0 unspecified atom stereocenters. The van der Waals surface area contributed by atoms with E-state index >= 15 is 0 Å². The Kier molecular flexibility index (Phi) is 8.65. The summed E-state index contributed by atoms with van der Waals surface area (Å²) in [5, 5.41) is 13.7. The van der Waals surface area contributed by atoms with Crippen molar-refractivity contribution >= 4 is 23.4 Å². The molecule has 0 aliphatic heterocycles. The first kappa shape index (κ1) is 26.7. The normalized spacial score (nSPS) is 11.2. The van der Waals surface area contributed by atoms with Crippen LogP contribution in [0.25, 0.3) is 17.1 Å². The van der Waals surface area contributed by atoms with Crippen LogP contribution in [-0.4, -0.2) is 53.5 Å². The number of ether oxygens (including phenoxy) is 3. The van der Waals surface area contributed by atoms with Crippen LogP contribution in [0.1, 0.15) is 18.1 Å². The lowest BCUT2D eigenvalue weighted by Crippen LogP contribution is -2.21. The van der Waals surface area contributed by atoms with Crippen molar-refractivity contribution < 1.29 is 19.0 Å². The summed E-state index contributed by atoms with van der Waals surface area (Å²) in [5.74, 6) is 2.47. The molecular weight excluding hydrogens is 502 g/mol. The lowest BCUT2D eigenvalue weighted by Gasteiger charge is -2.11. The second-order valence-electron chi connectivity index (χ2n) is 8.30. The number of amides is 1. The predicted molar refractivity (Wildman–Crippen MR) is 149 cm³/mol. The van der Waals surface area contributed by atoms with E-state index in [-0.39, 0.29) is 11.7 Å². The molecule has 0 spiro atoms. The highest BCUT2D eigenvalue weighted by Crippen LogP contribution is 2.30. The molecule has 1 N–H and O–H groups in total. The fourth-order valence-electron chi connectivity index (χ4n) is 3.65. The minimum atomic E-state index is -0.268. The van der Waals surface area contributed by atoms with Crippen LogP contribution in [0.5, 0.6) is 17.2 Å². The van der Waals surface area contributed by atoms with Gasteiger partial charge >= 0.3 is 0 Å². The van der Waals surface area contributed by atoms with Gasteiger partial charge in [-0.15, -0.1) is 10.2 Å². The number of nitrogens with one attached hydrogen (secondary N) is 1. The van der Waals surface area contributed by atoms with Crippen LogP contribution < -0.4 is 19.6 Å². The molecule has 4 rings (SSSR count). The molecule has 0 saturated heterocycles. The Morgan fingerprint density at radius 3 is 2.29 bits per heavy atom. The monoisotopic (exact) mass is 531 g/mol. The standard InChI is InChI=1S/C28H29N5O4S/c1-18-6-8-20(9-7-18)27-31-32-28(33(27)22-11-13-23(35-3)14-12-22)38-17-26(34)30-29-19(2)21-10-15-24(36-4)25(16-21)37-5/h6-16H,17H2,1-5H3,(H,30,34). The van der Waals surface area contributed by atoms with Gasteiger partial charge in [0.05, 0.1) is 32.8 Å². The van der Waals surface area contributed by atoms with Crippen LogP contribution >= 0.6 is 11.8 Å². The maximum Gasteiger partial charge on any atom is 0.250 e. The number of carbonyl (C=O) groups excluding carboxylic acids is 1. The smallest absolute Gasteiger partial charge is 0.250 e. The molecular formula is C28H29N5O4S. The number of aromatic nitrogens is 3. The Hall–Kier alpha value is -4.31. The van der Waals surface area contributed by atoms with Crippen molar-refractivity contribution in [1.82, 2.24) is 20.2 Å². The van der Waals surface area contributed by atoms with Crippen LogP contribution in [0.2, 0.25) is 0 Å². The van der Waals surface area contributed by atoms with Gasteiger partial charge in [0.1, 0.15) is 5.75 Å². The van der Waals surface area contributed by atoms with E-state index in [1.54, 1.807) is 27.4 Å². The molecule has 1 amide bonds. The summed E-state index contributed by atoms with van der Waals surface area (Å²) in [4.78, 5) is 12.7. The van der Waals surface area contributed by atoms with E-state index in [0.717, 1.165) is 28.1 Å². The number of nitrogens with zero attached hydrogens (tertiary/aromatic N) is 4. The molecule has 0 saturated carbocycles. The highest BCUT2D eigenvalue weighted by Gasteiger charge is 2.17. The number of thioether (sulfide) groups is 1. The second kappa shape index (κ2) is 12.3. The van der Waals surface area contributed by atoms with Crippen molar-refractivity contribution in [3.63, 3.8) is 0 Å². The highest BCUT2D eigenvalue weighted by atomic mass is 32.2. The molecule has 10 heteroatoms. The molecule has 0 aliphatic carbocycles. The van der Waals surface area contributed by atoms with Gasteiger partial charge in [-0.25, -0.2) is 5.43 Å². The number of carbonyl (C=O) groups is 1.